The molecule has 1 atom stereocenters. The predicted octanol–water partition coefficient (Wildman–Crippen LogP) is 5.12. The first-order valence-electron chi connectivity index (χ1n) is 9.20. The van der Waals surface area contributed by atoms with Gasteiger partial charge in [-0.25, -0.2) is 4.68 Å². The molecule has 3 aromatic rings. The van der Waals surface area contributed by atoms with Crippen molar-refractivity contribution in [1.82, 2.24) is 9.78 Å². The summed E-state index contributed by atoms with van der Waals surface area (Å²) in [5, 5.41) is 12.1. The molecule has 29 heavy (non-hydrogen) atoms. The molecule has 1 aliphatic rings. The minimum Gasteiger partial charge on any atom is -0.494 e. The molecule has 0 fully saturated rings. The van der Waals surface area contributed by atoms with E-state index in [0.29, 0.717) is 38.4 Å². The van der Waals surface area contributed by atoms with Crippen LogP contribution in [0.1, 0.15) is 28.4 Å². The number of nitrogens with one attached hydrogen (secondary N) is 2. The van der Waals surface area contributed by atoms with Gasteiger partial charge in [-0.05, 0) is 30.2 Å². The van der Waals surface area contributed by atoms with Crippen molar-refractivity contribution >= 4 is 41.0 Å². The van der Waals surface area contributed by atoms with E-state index in [1.165, 1.54) is 7.11 Å². The van der Waals surface area contributed by atoms with Crippen LogP contribution in [0.5, 0.6) is 5.75 Å². The number of benzene rings is 2. The highest BCUT2D eigenvalue weighted by atomic mass is 35.5. The van der Waals surface area contributed by atoms with Crippen LogP contribution < -0.4 is 15.4 Å². The number of fused-ring (bicyclic) bond motifs is 1. The fourth-order valence-electron chi connectivity index (χ4n) is 3.82. The number of nitrogens with zero attached hydrogens (tertiary/aromatic N) is 2. The number of carbonyl (C=O) groups is 1. The van der Waals surface area contributed by atoms with Gasteiger partial charge >= 0.3 is 0 Å². The molecule has 2 aromatic carbocycles. The molecule has 4 rings (SSSR count). The minimum atomic E-state index is -0.00783. The highest BCUT2D eigenvalue weighted by molar-refractivity contribution is 6.37. The van der Waals surface area contributed by atoms with Gasteiger partial charge in [0.25, 0.3) is 0 Å². The van der Waals surface area contributed by atoms with E-state index in [-0.39, 0.29) is 6.04 Å². The lowest BCUT2D eigenvalue weighted by Gasteiger charge is -2.27. The normalized spacial score (nSPS) is 15.4. The average molecular weight is 431 g/mol. The van der Waals surface area contributed by atoms with E-state index in [1.807, 2.05) is 29.9 Å². The summed E-state index contributed by atoms with van der Waals surface area (Å²) in [6, 6.07) is 11.5. The lowest BCUT2D eigenvalue weighted by molar-refractivity contribution is 0.112. The van der Waals surface area contributed by atoms with Gasteiger partial charge in [0.2, 0.25) is 0 Å². The number of ether oxygens (including phenoxy) is 1. The first-order valence-corrected chi connectivity index (χ1v) is 9.96. The molecule has 0 saturated heterocycles. The van der Waals surface area contributed by atoms with E-state index in [0.717, 1.165) is 30.5 Å². The highest BCUT2D eigenvalue weighted by Gasteiger charge is 2.29. The number of rotatable bonds is 5. The summed E-state index contributed by atoms with van der Waals surface area (Å²) in [5.41, 5.74) is 3.82. The SMILES string of the molecule is CNc1ccccc1C1CCNc2c(C=O)c(-c3cc(Cl)c(OC)c(Cl)c3)nn21. The van der Waals surface area contributed by atoms with Crippen molar-refractivity contribution in [1.29, 1.82) is 0 Å². The monoisotopic (exact) mass is 430 g/mol. The molecule has 0 bridgehead atoms. The molecule has 150 valence electrons. The Morgan fingerprint density at radius 1 is 1.28 bits per heavy atom. The number of anilines is 2. The summed E-state index contributed by atoms with van der Waals surface area (Å²) in [6.07, 6.45) is 1.66. The zero-order valence-corrected chi connectivity index (χ0v) is 17.5. The van der Waals surface area contributed by atoms with E-state index in [9.17, 15) is 4.79 Å². The molecule has 0 spiro atoms. The molecule has 0 radical (unpaired) electrons. The fourth-order valence-corrected chi connectivity index (χ4v) is 4.46. The third kappa shape index (κ3) is 3.32. The van der Waals surface area contributed by atoms with Crippen LogP contribution in [0, 0.1) is 0 Å². The Kier molecular flexibility index (Phi) is 5.39. The van der Waals surface area contributed by atoms with Crippen LogP contribution >= 0.6 is 23.2 Å². The standard InChI is InChI=1S/C21H20Cl2N4O2/c1-24-17-6-4-3-5-13(17)18-7-8-25-21-14(11-28)19(26-27(18)21)12-9-15(22)20(29-2)16(23)10-12/h3-6,9-11,18,24-25H,7-8H2,1-2H3. The number of aldehydes is 1. The number of carbonyl (C=O) groups excluding carboxylic acids is 1. The van der Waals surface area contributed by atoms with Crippen molar-refractivity contribution in [3.05, 3.63) is 57.6 Å². The van der Waals surface area contributed by atoms with Crippen molar-refractivity contribution in [2.75, 3.05) is 31.3 Å². The Bertz CT molecular complexity index is 1060. The quantitative estimate of drug-likeness (QED) is 0.549. The summed E-state index contributed by atoms with van der Waals surface area (Å²) in [6.45, 7) is 0.735. The molecule has 0 aliphatic carbocycles. The summed E-state index contributed by atoms with van der Waals surface area (Å²) in [5.74, 6) is 1.09. The van der Waals surface area contributed by atoms with Crippen molar-refractivity contribution in [3.63, 3.8) is 0 Å². The van der Waals surface area contributed by atoms with Crippen LogP contribution in [0.4, 0.5) is 11.5 Å². The maximum absolute atomic E-state index is 12.0. The van der Waals surface area contributed by atoms with E-state index in [1.54, 1.807) is 12.1 Å². The van der Waals surface area contributed by atoms with Crippen molar-refractivity contribution in [3.8, 4) is 17.0 Å². The van der Waals surface area contributed by atoms with Crippen LogP contribution in [-0.2, 0) is 0 Å². The summed E-state index contributed by atoms with van der Waals surface area (Å²) in [4.78, 5) is 12.0. The van der Waals surface area contributed by atoms with E-state index >= 15 is 0 Å². The van der Waals surface area contributed by atoms with Gasteiger partial charge in [0.15, 0.2) is 12.0 Å². The summed E-state index contributed by atoms with van der Waals surface area (Å²) < 4.78 is 7.11. The van der Waals surface area contributed by atoms with Crippen molar-refractivity contribution in [2.45, 2.75) is 12.5 Å². The lowest BCUT2D eigenvalue weighted by Crippen LogP contribution is -2.25. The maximum atomic E-state index is 12.0. The zero-order chi connectivity index (χ0) is 20.5. The molecule has 0 saturated carbocycles. The maximum Gasteiger partial charge on any atom is 0.156 e. The second-order valence-corrected chi connectivity index (χ2v) is 7.53. The smallest absolute Gasteiger partial charge is 0.156 e. The molecule has 2 N–H and O–H groups in total. The predicted molar refractivity (Wildman–Crippen MR) is 117 cm³/mol. The number of aromatic nitrogens is 2. The Morgan fingerprint density at radius 3 is 2.66 bits per heavy atom. The van der Waals surface area contributed by atoms with Crippen LogP contribution in [0.25, 0.3) is 11.3 Å². The van der Waals surface area contributed by atoms with Gasteiger partial charge in [0.05, 0.1) is 28.8 Å². The molecule has 0 amide bonds. The van der Waals surface area contributed by atoms with Crippen LogP contribution in [0.2, 0.25) is 10.0 Å². The second-order valence-electron chi connectivity index (χ2n) is 6.71. The number of hydrogen-bond donors (Lipinski definition) is 2. The third-order valence-electron chi connectivity index (χ3n) is 5.14. The van der Waals surface area contributed by atoms with E-state index < -0.39 is 0 Å². The van der Waals surface area contributed by atoms with Gasteiger partial charge in [-0.15, -0.1) is 0 Å². The number of halogens is 2. The third-order valence-corrected chi connectivity index (χ3v) is 5.70. The highest BCUT2D eigenvalue weighted by Crippen LogP contribution is 2.41. The lowest BCUT2D eigenvalue weighted by atomic mass is 10.00. The Balaban J connectivity index is 1.88. The molecule has 1 aromatic heterocycles. The molecule has 1 unspecified atom stereocenters. The molecule has 6 nitrogen and oxygen atoms in total. The Morgan fingerprint density at radius 2 is 2.00 bits per heavy atom. The van der Waals surface area contributed by atoms with Gasteiger partial charge in [-0.1, -0.05) is 41.4 Å². The Labute approximate surface area is 178 Å². The topological polar surface area (TPSA) is 68.2 Å². The summed E-state index contributed by atoms with van der Waals surface area (Å²) in [7, 11) is 3.40. The number of methoxy groups -OCH3 is 1. The summed E-state index contributed by atoms with van der Waals surface area (Å²) >= 11 is 12.6. The molecule has 8 heteroatoms. The van der Waals surface area contributed by atoms with Crippen molar-refractivity contribution < 1.29 is 9.53 Å². The van der Waals surface area contributed by atoms with Crippen LogP contribution in [0.3, 0.4) is 0 Å². The van der Waals surface area contributed by atoms with Crippen molar-refractivity contribution in [2.24, 2.45) is 0 Å². The van der Waals surface area contributed by atoms with E-state index in [4.69, 9.17) is 33.0 Å². The molecular weight excluding hydrogens is 411 g/mol. The molecule has 1 aliphatic heterocycles. The fraction of sp³-hybridized carbons (Fsp3) is 0.238. The Hall–Kier alpha value is -2.70. The average Bonchev–Trinajstić information content (AvgIpc) is 3.12. The van der Waals surface area contributed by atoms with Gasteiger partial charge in [-0.2, -0.15) is 5.10 Å². The molecule has 2 heterocycles. The van der Waals surface area contributed by atoms with Crippen LogP contribution in [0.15, 0.2) is 36.4 Å². The van der Waals surface area contributed by atoms with Gasteiger partial charge in [0, 0.05) is 24.8 Å². The van der Waals surface area contributed by atoms with Gasteiger partial charge < -0.3 is 15.4 Å². The zero-order valence-electron chi connectivity index (χ0n) is 16.0. The molecular formula is C21H20Cl2N4O2. The number of para-hydroxylation sites is 1. The van der Waals surface area contributed by atoms with Gasteiger partial charge in [0.1, 0.15) is 11.5 Å². The largest absolute Gasteiger partial charge is 0.494 e. The minimum absolute atomic E-state index is 0.00783. The van der Waals surface area contributed by atoms with Gasteiger partial charge in [-0.3, -0.25) is 4.79 Å². The van der Waals surface area contributed by atoms with Crippen LogP contribution in [-0.4, -0.2) is 36.8 Å². The number of hydrogen-bond acceptors (Lipinski definition) is 5. The second kappa shape index (κ2) is 7.97. The first kappa shape index (κ1) is 19.6. The van der Waals surface area contributed by atoms with E-state index in [2.05, 4.69) is 16.7 Å². The first-order chi connectivity index (χ1) is 14.1.